The lowest BCUT2D eigenvalue weighted by atomic mass is 10.3. The molecule has 2 rings (SSSR count). The summed E-state index contributed by atoms with van der Waals surface area (Å²) in [6.45, 7) is 2.02. The van der Waals surface area contributed by atoms with Crippen LogP contribution in [0.4, 0.5) is 10.5 Å². The maximum absolute atomic E-state index is 12.2. The molecule has 1 saturated carbocycles. The first kappa shape index (κ1) is 14.7. The number of nitrogens with one attached hydrogen (secondary N) is 1. The number of ether oxygens (including phenoxy) is 1. The molecule has 0 aromatic heterocycles. The molecule has 0 aliphatic heterocycles. The third-order valence-corrected chi connectivity index (χ3v) is 3.30. The van der Waals surface area contributed by atoms with E-state index in [-0.39, 0.29) is 18.6 Å². The van der Waals surface area contributed by atoms with Crippen LogP contribution in [0.5, 0.6) is 0 Å². The Labute approximate surface area is 122 Å². The minimum absolute atomic E-state index is 0.0329. The fourth-order valence-corrected chi connectivity index (χ4v) is 2.03. The molecule has 108 valence electrons. The van der Waals surface area contributed by atoms with Crippen LogP contribution in [0, 0.1) is 0 Å². The Kier molecular flexibility index (Phi) is 4.84. The Morgan fingerprint density at radius 2 is 2.10 bits per heavy atom. The van der Waals surface area contributed by atoms with Crippen molar-refractivity contribution in [2.24, 2.45) is 0 Å². The largest absolute Gasteiger partial charge is 0.465 e. The van der Waals surface area contributed by atoms with Crippen LogP contribution in [0.25, 0.3) is 0 Å². The van der Waals surface area contributed by atoms with Gasteiger partial charge in [0.1, 0.15) is 6.54 Å². The Balaban J connectivity index is 2.00. The van der Waals surface area contributed by atoms with E-state index in [0.717, 1.165) is 12.8 Å². The third kappa shape index (κ3) is 3.87. The summed E-state index contributed by atoms with van der Waals surface area (Å²) in [5.74, 6) is -0.395. The molecule has 0 radical (unpaired) electrons. The maximum atomic E-state index is 12.2. The Morgan fingerprint density at radius 1 is 1.40 bits per heavy atom. The van der Waals surface area contributed by atoms with Crippen LogP contribution < -0.4 is 5.32 Å². The molecule has 0 heterocycles. The van der Waals surface area contributed by atoms with Gasteiger partial charge in [0.05, 0.1) is 17.3 Å². The number of nitrogens with zero attached hydrogens (tertiary/aromatic N) is 1. The first-order valence-corrected chi connectivity index (χ1v) is 6.97. The second kappa shape index (κ2) is 6.61. The summed E-state index contributed by atoms with van der Waals surface area (Å²) in [7, 11) is 0. The van der Waals surface area contributed by atoms with Gasteiger partial charge in [-0.05, 0) is 31.9 Å². The molecule has 2 amide bonds. The molecule has 1 fully saturated rings. The van der Waals surface area contributed by atoms with E-state index in [4.69, 9.17) is 16.3 Å². The molecule has 5 nitrogen and oxygen atoms in total. The lowest BCUT2D eigenvalue weighted by Gasteiger charge is -2.22. The number of benzene rings is 1. The molecular formula is C14H17ClN2O3. The average molecular weight is 297 g/mol. The second-order valence-electron chi connectivity index (χ2n) is 4.57. The molecular weight excluding hydrogens is 280 g/mol. The molecule has 1 aliphatic rings. The van der Waals surface area contributed by atoms with Gasteiger partial charge in [-0.15, -0.1) is 0 Å². The van der Waals surface area contributed by atoms with Crippen molar-refractivity contribution < 1.29 is 14.3 Å². The summed E-state index contributed by atoms with van der Waals surface area (Å²) in [6, 6.07) is 6.78. The highest BCUT2D eigenvalue weighted by Crippen LogP contribution is 2.28. The molecule has 1 aliphatic carbocycles. The number of hydrogen-bond acceptors (Lipinski definition) is 3. The van der Waals surface area contributed by atoms with Gasteiger partial charge < -0.3 is 15.0 Å². The summed E-state index contributed by atoms with van der Waals surface area (Å²) in [5.41, 5.74) is 0.536. The molecule has 1 aromatic carbocycles. The number of esters is 1. The van der Waals surface area contributed by atoms with Crippen LogP contribution in [-0.4, -0.2) is 36.1 Å². The monoisotopic (exact) mass is 296 g/mol. The maximum Gasteiger partial charge on any atom is 0.325 e. The third-order valence-electron chi connectivity index (χ3n) is 2.97. The summed E-state index contributed by atoms with van der Waals surface area (Å²) < 4.78 is 4.89. The average Bonchev–Trinajstić information content (AvgIpc) is 3.23. The van der Waals surface area contributed by atoms with Gasteiger partial charge in [0, 0.05) is 6.04 Å². The van der Waals surface area contributed by atoms with Crippen LogP contribution in [0.1, 0.15) is 19.8 Å². The predicted octanol–water partition coefficient (Wildman–Crippen LogP) is 2.90. The molecule has 6 heteroatoms. The van der Waals surface area contributed by atoms with Gasteiger partial charge >= 0.3 is 12.0 Å². The minimum Gasteiger partial charge on any atom is -0.465 e. The smallest absolute Gasteiger partial charge is 0.325 e. The van der Waals surface area contributed by atoms with Gasteiger partial charge in [-0.25, -0.2) is 4.79 Å². The zero-order valence-corrected chi connectivity index (χ0v) is 12.0. The van der Waals surface area contributed by atoms with E-state index in [2.05, 4.69) is 5.32 Å². The lowest BCUT2D eigenvalue weighted by Crippen LogP contribution is -2.41. The number of rotatable bonds is 5. The van der Waals surface area contributed by atoms with E-state index in [9.17, 15) is 9.59 Å². The zero-order valence-electron chi connectivity index (χ0n) is 11.3. The molecule has 0 bridgehead atoms. The van der Waals surface area contributed by atoms with E-state index in [1.54, 1.807) is 31.2 Å². The van der Waals surface area contributed by atoms with Crippen molar-refractivity contribution in [3.05, 3.63) is 29.3 Å². The van der Waals surface area contributed by atoms with E-state index in [0.29, 0.717) is 17.3 Å². The van der Waals surface area contributed by atoms with Gasteiger partial charge in [0.25, 0.3) is 0 Å². The second-order valence-corrected chi connectivity index (χ2v) is 4.98. The quantitative estimate of drug-likeness (QED) is 0.850. The molecule has 0 saturated heterocycles. The van der Waals surface area contributed by atoms with Gasteiger partial charge in [-0.3, -0.25) is 4.79 Å². The summed E-state index contributed by atoms with van der Waals surface area (Å²) in [4.78, 5) is 25.3. The van der Waals surface area contributed by atoms with Crippen molar-refractivity contribution in [3.8, 4) is 0 Å². The summed E-state index contributed by atoms with van der Waals surface area (Å²) >= 11 is 6.00. The van der Waals surface area contributed by atoms with Crippen molar-refractivity contribution in [2.75, 3.05) is 18.5 Å². The molecule has 0 unspecified atom stereocenters. The number of carbonyl (C=O) groups is 2. The minimum atomic E-state index is -0.395. The molecule has 1 aromatic rings. The van der Waals surface area contributed by atoms with Gasteiger partial charge in [0.2, 0.25) is 0 Å². The molecule has 0 atom stereocenters. The predicted molar refractivity (Wildman–Crippen MR) is 76.8 cm³/mol. The van der Waals surface area contributed by atoms with Crippen LogP contribution in [0.15, 0.2) is 24.3 Å². The standard InChI is InChI=1S/C14H17ClN2O3/c1-2-20-13(18)9-17(10-7-8-10)14(19)16-12-6-4-3-5-11(12)15/h3-6,10H,2,7-9H2,1H3,(H,16,19). The van der Waals surface area contributed by atoms with Crippen LogP contribution in [-0.2, 0) is 9.53 Å². The van der Waals surface area contributed by atoms with Crippen LogP contribution in [0.3, 0.4) is 0 Å². The number of halogens is 1. The van der Waals surface area contributed by atoms with Gasteiger partial charge in [0.15, 0.2) is 0 Å². The van der Waals surface area contributed by atoms with Crippen molar-refractivity contribution in [1.82, 2.24) is 4.90 Å². The van der Waals surface area contributed by atoms with Gasteiger partial charge in [-0.1, -0.05) is 23.7 Å². The summed E-state index contributed by atoms with van der Waals surface area (Å²) in [6.07, 6.45) is 1.82. The molecule has 20 heavy (non-hydrogen) atoms. The van der Waals surface area contributed by atoms with E-state index < -0.39 is 5.97 Å². The normalized spacial score (nSPS) is 13.7. The highest BCUT2D eigenvalue weighted by molar-refractivity contribution is 6.33. The zero-order chi connectivity index (χ0) is 14.5. The fraction of sp³-hybridized carbons (Fsp3) is 0.429. The highest BCUT2D eigenvalue weighted by atomic mass is 35.5. The number of hydrogen-bond donors (Lipinski definition) is 1. The van der Waals surface area contributed by atoms with Gasteiger partial charge in [-0.2, -0.15) is 0 Å². The fourth-order valence-electron chi connectivity index (χ4n) is 1.85. The first-order chi connectivity index (χ1) is 9.61. The lowest BCUT2D eigenvalue weighted by molar-refractivity contribution is -0.143. The summed E-state index contributed by atoms with van der Waals surface area (Å²) in [5, 5.41) is 3.19. The number of urea groups is 1. The van der Waals surface area contributed by atoms with E-state index in [1.807, 2.05) is 0 Å². The van der Waals surface area contributed by atoms with Crippen molar-refractivity contribution in [2.45, 2.75) is 25.8 Å². The van der Waals surface area contributed by atoms with Crippen molar-refractivity contribution in [3.63, 3.8) is 0 Å². The van der Waals surface area contributed by atoms with E-state index >= 15 is 0 Å². The Hall–Kier alpha value is -1.75. The van der Waals surface area contributed by atoms with Crippen LogP contribution >= 0.6 is 11.6 Å². The number of amides is 2. The molecule has 0 spiro atoms. The number of anilines is 1. The Bertz CT molecular complexity index is 503. The van der Waals surface area contributed by atoms with Crippen molar-refractivity contribution in [1.29, 1.82) is 0 Å². The molecule has 1 N–H and O–H groups in total. The highest BCUT2D eigenvalue weighted by Gasteiger charge is 2.34. The van der Waals surface area contributed by atoms with Crippen molar-refractivity contribution >= 4 is 29.3 Å². The van der Waals surface area contributed by atoms with Crippen LogP contribution in [0.2, 0.25) is 5.02 Å². The SMILES string of the molecule is CCOC(=O)CN(C(=O)Nc1ccccc1Cl)C1CC1. The number of carbonyl (C=O) groups excluding carboxylic acids is 2. The number of para-hydroxylation sites is 1. The van der Waals surface area contributed by atoms with E-state index in [1.165, 1.54) is 4.90 Å². The Morgan fingerprint density at radius 3 is 2.70 bits per heavy atom. The topological polar surface area (TPSA) is 58.6 Å². The first-order valence-electron chi connectivity index (χ1n) is 6.59.